The van der Waals surface area contributed by atoms with Crippen LogP contribution in [-0.4, -0.2) is 39.4 Å². The van der Waals surface area contributed by atoms with Gasteiger partial charge in [-0.05, 0) is 35.9 Å². The molecule has 1 atom stereocenters. The molecular weight excluding hydrogens is 422 g/mol. The Balaban J connectivity index is 1.40. The third-order valence-corrected chi connectivity index (χ3v) is 5.36. The minimum absolute atomic E-state index is 0.132. The number of ether oxygens (including phenoxy) is 3. The molecule has 2 aromatic carbocycles. The van der Waals surface area contributed by atoms with Crippen LogP contribution in [0.15, 0.2) is 47.0 Å². The second kappa shape index (κ2) is 8.01. The smallest absolute Gasteiger partial charge is 0.258 e. The Labute approximate surface area is 182 Å². The quantitative estimate of drug-likeness (QED) is 0.461. The van der Waals surface area contributed by atoms with Crippen LogP contribution in [0.4, 0.5) is 0 Å². The number of aromatic nitrogens is 5. The predicted molar refractivity (Wildman–Crippen MR) is 111 cm³/mol. The van der Waals surface area contributed by atoms with E-state index in [-0.39, 0.29) is 6.10 Å². The Morgan fingerprint density at radius 3 is 2.65 bits per heavy atom. The van der Waals surface area contributed by atoms with Gasteiger partial charge >= 0.3 is 0 Å². The monoisotopic (exact) mass is 439 g/mol. The van der Waals surface area contributed by atoms with Crippen molar-refractivity contribution < 1.29 is 18.7 Å². The number of hydrogen-bond acceptors (Lipinski definition) is 8. The fraction of sp³-hybridized carbons (Fsp3) is 0.238. The summed E-state index contributed by atoms with van der Waals surface area (Å²) in [6.45, 7) is 0.861. The van der Waals surface area contributed by atoms with E-state index in [0.29, 0.717) is 52.6 Å². The normalized spacial score (nSPS) is 15.5. The molecule has 158 valence electrons. The molecule has 0 radical (unpaired) electrons. The molecule has 10 heteroatoms. The number of rotatable bonds is 5. The number of halogens is 1. The van der Waals surface area contributed by atoms with Crippen molar-refractivity contribution in [3.05, 3.63) is 58.7 Å². The summed E-state index contributed by atoms with van der Waals surface area (Å²) in [5.41, 5.74) is 3.06. The van der Waals surface area contributed by atoms with Crippen molar-refractivity contribution >= 4 is 11.6 Å². The van der Waals surface area contributed by atoms with E-state index in [1.165, 1.54) is 0 Å². The molecule has 0 saturated carbocycles. The van der Waals surface area contributed by atoms with Crippen LogP contribution in [0, 0.1) is 0 Å². The van der Waals surface area contributed by atoms with E-state index in [4.69, 9.17) is 30.3 Å². The van der Waals surface area contributed by atoms with Crippen molar-refractivity contribution in [2.45, 2.75) is 19.3 Å². The summed E-state index contributed by atoms with van der Waals surface area (Å²) in [5.74, 6) is 1.88. The maximum atomic E-state index is 6.04. The van der Waals surface area contributed by atoms with E-state index >= 15 is 0 Å². The zero-order chi connectivity index (χ0) is 21.4. The maximum Gasteiger partial charge on any atom is 0.258 e. The zero-order valence-corrected chi connectivity index (χ0v) is 17.5. The first-order valence-electron chi connectivity index (χ1n) is 9.52. The molecule has 1 aliphatic heterocycles. The van der Waals surface area contributed by atoms with Gasteiger partial charge in [0.25, 0.3) is 5.89 Å². The molecule has 31 heavy (non-hydrogen) atoms. The van der Waals surface area contributed by atoms with Crippen molar-refractivity contribution in [3.8, 4) is 34.5 Å². The minimum Gasteiger partial charge on any atom is -0.493 e. The fourth-order valence-corrected chi connectivity index (χ4v) is 3.60. The van der Waals surface area contributed by atoms with Gasteiger partial charge in [0, 0.05) is 10.6 Å². The predicted octanol–water partition coefficient (Wildman–Crippen LogP) is 3.94. The van der Waals surface area contributed by atoms with Gasteiger partial charge in [0.15, 0.2) is 17.2 Å². The number of methoxy groups -OCH3 is 2. The second-order valence-electron chi connectivity index (χ2n) is 6.91. The van der Waals surface area contributed by atoms with E-state index in [1.54, 1.807) is 26.4 Å². The number of hydrogen-bond donors (Lipinski definition) is 0. The van der Waals surface area contributed by atoms with Crippen molar-refractivity contribution in [1.82, 2.24) is 25.1 Å². The van der Waals surface area contributed by atoms with Crippen LogP contribution in [-0.2, 0) is 17.9 Å². The van der Waals surface area contributed by atoms with Crippen molar-refractivity contribution in [2.75, 3.05) is 14.2 Å². The molecule has 2 aromatic heterocycles. The molecule has 0 aliphatic carbocycles. The lowest BCUT2D eigenvalue weighted by Crippen LogP contribution is -2.22. The molecule has 0 amide bonds. The molecule has 4 aromatic rings. The minimum atomic E-state index is -0.132. The van der Waals surface area contributed by atoms with Crippen molar-refractivity contribution in [3.63, 3.8) is 0 Å². The Morgan fingerprint density at radius 1 is 1.06 bits per heavy atom. The summed E-state index contributed by atoms with van der Waals surface area (Å²) in [6, 6.07) is 13.0. The average molecular weight is 440 g/mol. The van der Waals surface area contributed by atoms with Gasteiger partial charge in [0.1, 0.15) is 6.10 Å². The summed E-state index contributed by atoms with van der Waals surface area (Å²) in [7, 11) is 3.15. The molecule has 1 aliphatic rings. The molecule has 5 rings (SSSR count). The molecule has 0 fully saturated rings. The molecule has 0 saturated heterocycles. The van der Waals surface area contributed by atoms with E-state index in [9.17, 15) is 0 Å². The third-order valence-electron chi connectivity index (χ3n) is 5.11. The number of nitrogens with zero attached hydrogens (tertiary/aromatic N) is 5. The molecular formula is C21H18ClN5O4. The summed E-state index contributed by atoms with van der Waals surface area (Å²) in [6.07, 6.45) is -0.132. The number of benzene rings is 2. The van der Waals surface area contributed by atoms with Crippen LogP contribution in [0.2, 0.25) is 5.02 Å². The lowest BCUT2D eigenvalue weighted by Gasteiger charge is -2.24. The van der Waals surface area contributed by atoms with Crippen molar-refractivity contribution in [2.24, 2.45) is 0 Å². The first kappa shape index (κ1) is 19.5. The van der Waals surface area contributed by atoms with Crippen LogP contribution >= 0.6 is 11.6 Å². The fourth-order valence-electron chi connectivity index (χ4n) is 3.47. The lowest BCUT2D eigenvalue weighted by atomic mass is 10.1. The summed E-state index contributed by atoms with van der Waals surface area (Å²) >= 11 is 5.98. The van der Waals surface area contributed by atoms with Gasteiger partial charge in [-0.1, -0.05) is 34.1 Å². The lowest BCUT2D eigenvalue weighted by molar-refractivity contribution is -0.00112. The van der Waals surface area contributed by atoms with Crippen molar-refractivity contribution in [1.29, 1.82) is 0 Å². The topological polar surface area (TPSA) is 97.3 Å². The average Bonchev–Trinajstić information content (AvgIpc) is 3.45. The highest BCUT2D eigenvalue weighted by atomic mass is 35.5. The standard InChI is InChI=1S/C21H18ClN5O4/c1-28-16-8-5-13(9-17(16)29-2)21-23-20(25-31-21)19-15-11-30-18(10-27(15)26-24-19)12-3-6-14(22)7-4-12/h3-9,18H,10-11H2,1-2H3/t18-/m0/s1. The van der Waals surface area contributed by atoms with Gasteiger partial charge in [-0.25, -0.2) is 4.68 Å². The van der Waals surface area contributed by atoms with Crippen LogP contribution in [0.5, 0.6) is 11.5 Å². The number of fused-ring (bicyclic) bond motifs is 1. The maximum absolute atomic E-state index is 6.04. The van der Waals surface area contributed by atoms with E-state index < -0.39 is 0 Å². The molecule has 0 unspecified atom stereocenters. The second-order valence-corrected chi connectivity index (χ2v) is 7.35. The van der Waals surface area contributed by atoms with Crippen LogP contribution in [0.3, 0.4) is 0 Å². The van der Waals surface area contributed by atoms with Gasteiger partial charge in [0.05, 0.1) is 33.1 Å². The van der Waals surface area contributed by atoms with Gasteiger partial charge in [-0.3, -0.25) is 0 Å². The molecule has 0 N–H and O–H groups in total. The molecule has 9 nitrogen and oxygen atoms in total. The Morgan fingerprint density at radius 2 is 1.87 bits per heavy atom. The van der Waals surface area contributed by atoms with E-state index in [1.807, 2.05) is 35.0 Å². The molecule has 3 heterocycles. The highest BCUT2D eigenvalue weighted by Gasteiger charge is 2.27. The Bertz CT molecular complexity index is 1220. The Kier molecular flexibility index (Phi) is 5.05. The largest absolute Gasteiger partial charge is 0.493 e. The first-order valence-corrected chi connectivity index (χ1v) is 9.90. The van der Waals surface area contributed by atoms with Gasteiger partial charge in [0.2, 0.25) is 5.82 Å². The van der Waals surface area contributed by atoms with Crippen LogP contribution in [0.1, 0.15) is 17.4 Å². The zero-order valence-electron chi connectivity index (χ0n) is 16.8. The molecule has 0 spiro atoms. The third kappa shape index (κ3) is 3.62. The highest BCUT2D eigenvalue weighted by molar-refractivity contribution is 6.30. The SMILES string of the molecule is COc1ccc(-c2nc(-c3nnn4c3CO[C@H](c3ccc(Cl)cc3)C4)no2)cc1OC. The summed E-state index contributed by atoms with van der Waals surface area (Å²) in [4.78, 5) is 4.49. The van der Waals surface area contributed by atoms with Gasteiger partial charge < -0.3 is 18.7 Å². The van der Waals surface area contributed by atoms with Gasteiger partial charge in [-0.15, -0.1) is 5.10 Å². The van der Waals surface area contributed by atoms with Gasteiger partial charge in [-0.2, -0.15) is 4.98 Å². The first-order chi connectivity index (χ1) is 15.2. The Hall–Kier alpha value is -3.43. The molecule has 0 bridgehead atoms. The highest BCUT2D eigenvalue weighted by Crippen LogP contribution is 2.34. The summed E-state index contributed by atoms with van der Waals surface area (Å²) in [5, 5.41) is 13.3. The van der Waals surface area contributed by atoms with Crippen LogP contribution < -0.4 is 9.47 Å². The van der Waals surface area contributed by atoms with Crippen LogP contribution in [0.25, 0.3) is 23.0 Å². The summed E-state index contributed by atoms with van der Waals surface area (Å²) < 4.78 is 23.9. The van der Waals surface area contributed by atoms with E-state index in [2.05, 4.69) is 20.5 Å². The van der Waals surface area contributed by atoms with E-state index in [0.717, 1.165) is 11.3 Å².